The summed E-state index contributed by atoms with van der Waals surface area (Å²) >= 11 is 0. The molecule has 0 saturated heterocycles. The van der Waals surface area contributed by atoms with Crippen LogP contribution in [0.3, 0.4) is 0 Å². The lowest BCUT2D eigenvalue weighted by Crippen LogP contribution is -2.18. The van der Waals surface area contributed by atoms with Crippen LogP contribution in [0.25, 0.3) is 0 Å². The molecular weight excluding hydrogens is 234 g/mol. The first-order valence-electron chi connectivity index (χ1n) is 6.06. The fourth-order valence-electron chi connectivity index (χ4n) is 2.22. The molecule has 0 bridgehead atoms. The number of carbonyl (C=O) groups is 2. The third-order valence-electron chi connectivity index (χ3n) is 3.03. The van der Waals surface area contributed by atoms with Gasteiger partial charge in [0, 0.05) is 0 Å². The third kappa shape index (κ3) is 2.34. The SMILES string of the molecule is CCOC(=O)c1nc(C(=O)O)cc2c1CCCC2. The summed E-state index contributed by atoms with van der Waals surface area (Å²) in [6.45, 7) is 1.97. The number of pyridine rings is 1. The number of rotatable bonds is 3. The highest BCUT2D eigenvalue weighted by molar-refractivity contribution is 5.92. The van der Waals surface area contributed by atoms with E-state index in [0.717, 1.165) is 36.8 Å². The van der Waals surface area contributed by atoms with Crippen LogP contribution in [0.15, 0.2) is 6.07 Å². The van der Waals surface area contributed by atoms with Gasteiger partial charge in [-0.15, -0.1) is 0 Å². The monoisotopic (exact) mass is 249 g/mol. The third-order valence-corrected chi connectivity index (χ3v) is 3.03. The molecule has 1 aliphatic rings. The van der Waals surface area contributed by atoms with Gasteiger partial charge < -0.3 is 9.84 Å². The lowest BCUT2D eigenvalue weighted by atomic mass is 9.90. The first-order chi connectivity index (χ1) is 8.63. The van der Waals surface area contributed by atoms with Crippen LogP contribution in [0.2, 0.25) is 0 Å². The predicted molar refractivity (Wildman–Crippen MR) is 63.8 cm³/mol. The molecule has 0 unspecified atom stereocenters. The Labute approximate surface area is 105 Å². The number of esters is 1. The molecule has 1 aromatic heterocycles. The van der Waals surface area contributed by atoms with Crippen LogP contribution in [-0.4, -0.2) is 28.6 Å². The predicted octanol–water partition coefficient (Wildman–Crippen LogP) is 1.84. The van der Waals surface area contributed by atoms with Crippen molar-refractivity contribution < 1.29 is 19.4 Å². The average molecular weight is 249 g/mol. The molecule has 1 heterocycles. The van der Waals surface area contributed by atoms with Gasteiger partial charge in [0.15, 0.2) is 5.69 Å². The number of carbonyl (C=O) groups excluding carboxylic acids is 1. The smallest absolute Gasteiger partial charge is 0.357 e. The second-order valence-corrected chi connectivity index (χ2v) is 4.23. The van der Waals surface area contributed by atoms with Gasteiger partial charge in [-0.3, -0.25) is 0 Å². The maximum absolute atomic E-state index is 11.8. The molecule has 0 saturated carbocycles. The highest BCUT2D eigenvalue weighted by atomic mass is 16.5. The quantitative estimate of drug-likeness (QED) is 0.827. The molecule has 0 amide bonds. The lowest BCUT2D eigenvalue weighted by Gasteiger charge is -2.18. The maximum Gasteiger partial charge on any atom is 0.357 e. The first kappa shape index (κ1) is 12.5. The summed E-state index contributed by atoms with van der Waals surface area (Å²) in [6, 6.07) is 1.57. The summed E-state index contributed by atoms with van der Waals surface area (Å²) in [5.41, 5.74) is 1.85. The van der Waals surface area contributed by atoms with E-state index in [2.05, 4.69) is 4.98 Å². The van der Waals surface area contributed by atoms with E-state index in [0.29, 0.717) is 0 Å². The minimum absolute atomic E-state index is 0.0845. The molecule has 1 aliphatic carbocycles. The van der Waals surface area contributed by atoms with Crippen molar-refractivity contribution in [2.24, 2.45) is 0 Å². The standard InChI is InChI=1S/C13H15NO4/c1-2-18-13(17)11-9-6-4-3-5-8(9)7-10(14-11)12(15)16/h7H,2-6H2,1H3,(H,15,16). The van der Waals surface area contributed by atoms with Gasteiger partial charge >= 0.3 is 11.9 Å². The normalized spacial score (nSPS) is 13.8. The summed E-state index contributed by atoms with van der Waals surface area (Å²) in [5.74, 6) is -1.65. The van der Waals surface area contributed by atoms with E-state index in [-0.39, 0.29) is 18.0 Å². The zero-order chi connectivity index (χ0) is 13.1. The molecular formula is C13H15NO4. The Balaban J connectivity index is 2.50. The highest BCUT2D eigenvalue weighted by Crippen LogP contribution is 2.25. The van der Waals surface area contributed by atoms with Gasteiger partial charge in [0.2, 0.25) is 0 Å². The van der Waals surface area contributed by atoms with Crippen LogP contribution < -0.4 is 0 Å². The van der Waals surface area contributed by atoms with Crippen molar-refractivity contribution in [1.29, 1.82) is 0 Å². The summed E-state index contributed by atoms with van der Waals surface area (Å²) in [4.78, 5) is 26.7. The summed E-state index contributed by atoms with van der Waals surface area (Å²) in [7, 11) is 0. The molecule has 0 aliphatic heterocycles. The van der Waals surface area contributed by atoms with Gasteiger partial charge in [-0.25, -0.2) is 14.6 Å². The van der Waals surface area contributed by atoms with Gasteiger partial charge in [0.05, 0.1) is 6.61 Å². The van der Waals surface area contributed by atoms with Gasteiger partial charge in [-0.2, -0.15) is 0 Å². The molecule has 5 heteroatoms. The van der Waals surface area contributed by atoms with Crippen LogP contribution in [-0.2, 0) is 17.6 Å². The Bertz CT molecular complexity index is 496. The number of ether oxygens (including phenoxy) is 1. The number of nitrogens with zero attached hydrogens (tertiary/aromatic N) is 1. The number of fused-ring (bicyclic) bond motifs is 1. The summed E-state index contributed by atoms with van der Waals surface area (Å²) in [6.07, 6.45) is 3.56. The molecule has 0 spiro atoms. The van der Waals surface area contributed by atoms with Crippen LogP contribution in [0.4, 0.5) is 0 Å². The van der Waals surface area contributed by atoms with Crippen molar-refractivity contribution in [1.82, 2.24) is 4.98 Å². The topological polar surface area (TPSA) is 76.5 Å². The molecule has 2 rings (SSSR count). The molecule has 1 N–H and O–H groups in total. The Morgan fingerprint density at radius 2 is 2.11 bits per heavy atom. The second kappa shape index (κ2) is 5.16. The number of carboxylic acids is 1. The van der Waals surface area contributed by atoms with Gasteiger partial charge in [0.25, 0.3) is 0 Å². The lowest BCUT2D eigenvalue weighted by molar-refractivity contribution is 0.0517. The summed E-state index contributed by atoms with van der Waals surface area (Å²) < 4.78 is 4.93. The van der Waals surface area contributed by atoms with Crippen LogP contribution in [0.1, 0.15) is 51.9 Å². The van der Waals surface area contributed by atoms with E-state index in [4.69, 9.17) is 9.84 Å². The molecule has 96 valence electrons. The van der Waals surface area contributed by atoms with E-state index in [1.165, 1.54) is 0 Å². The average Bonchev–Trinajstić information content (AvgIpc) is 2.37. The van der Waals surface area contributed by atoms with E-state index >= 15 is 0 Å². The minimum Gasteiger partial charge on any atom is -0.477 e. The highest BCUT2D eigenvalue weighted by Gasteiger charge is 2.23. The van der Waals surface area contributed by atoms with Crippen LogP contribution in [0.5, 0.6) is 0 Å². The van der Waals surface area contributed by atoms with Crippen molar-refractivity contribution in [2.45, 2.75) is 32.6 Å². The Hall–Kier alpha value is -1.91. The van der Waals surface area contributed by atoms with Crippen LogP contribution >= 0.6 is 0 Å². The number of hydrogen-bond donors (Lipinski definition) is 1. The van der Waals surface area contributed by atoms with Gasteiger partial charge in [-0.1, -0.05) is 0 Å². The zero-order valence-electron chi connectivity index (χ0n) is 10.2. The number of aromatic carboxylic acids is 1. The van der Waals surface area contributed by atoms with Crippen molar-refractivity contribution >= 4 is 11.9 Å². The van der Waals surface area contributed by atoms with Crippen molar-refractivity contribution in [3.63, 3.8) is 0 Å². The largest absolute Gasteiger partial charge is 0.477 e. The second-order valence-electron chi connectivity index (χ2n) is 4.23. The van der Waals surface area contributed by atoms with Gasteiger partial charge in [0.1, 0.15) is 5.69 Å². The number of aromatic nitrogens is 1. The first-order valence-corrected chi connectivity index (χ1v) is 6.06. The molecule has 0 fully saturated rings. The van der Waals surface area contributed by atoms with E-state index in [1.807, 2.05) is 0 Å². The Morgan fingerprint density at radius 3 is 2.78 bits per heavy atom. The van der Waals surface area contributed by atoms with Crippen molar-refractivity contribution in [2.75, 3.05) is 6.61 Å². The molecule has 0 atom stereocenters. The van der Waals surface area contributed by atoms with E-state index < -0.39 is 11.9 Å². The fraction of sp³-hybridized carbons (Fsp3) is 0.462. The zero-order valence-corrected chi connectivity index (χ0v) is 10.2. The molecule has 5 nitrogen and oxygen atoms in total. The Morgan fingerprint density at radius 1 is 1.39 bits per heavy atom. The fourth-order valence-corrected chi connectivity index (χ4v) is 2.22. The number of carboxylic acid groups (broad SMARTS) is 1. The molecule has 0 radical (unpaired) electrons. The number of aryl methyl sites for hydroxylation is 1. The molecule has 1 aromatic rings. The van der Waals surface area contributed by atoms with Crippen molar-refractivity contribution in [3.8, 4) is 0 Å². The van der Waals surface area contributed by atoms with Gasteiger partial charge in [-0.05, 0) is 49.8 Å². The van der Waals surface area contributed by atoms with E-state index in [1.54, 1.807) is 13.0 Å². The maximum atomic E-state index is 11.8. The number of hydrogen-bond acceptors (Lipinski definition) is 4. The molecule has 0 aromatic carbocycles. The minimum atomic E-state index is -1.12. The van der Waals surface area contributed by atoms with E-state index in [9.17, 15) is 9.59 Å². The Kier molecular flexibility index (Phi) is 3.60. The molecule has 18 heavy (non-hydrogen) atoms. The summed E-state index contributed by atoms with van der Waals surface area (Å²) in [5, 5.41) is 9.01. The van der Waals surface area contributed by atoms with Crippen LogP contribution in [0, 0.1) is 0 Å². The van der Waals surface area contributed by atoms with Crippen molar-refractivity contribution in [3.05, 3.63) is 28.6 Å².